The Kier molecular flexibility index (Phi) is 6.43. The Labute approximate surface area is 168 Å². The predicted molar refractivity (Wildman–Crippen MR) is 97.8 cm³/mol. The molecule has 10 nitrogen and oxygen atoms in total. The molecule has 1 unspecified atom stereocenters. The average molecular weight is 407 g/mol. The van der Waals surface area contributed by atoms with Crippen LogP contribution in [0.1, 0.15) is 55.3 Å². The summed E-state index contributed by atoms with van der Waals surface area (Å²) in [5.41, 5.74) is 5.66. The number of hydrogen-bond acceptors (Lipinski definition) is 7. The molecule has 1 aromatic rings. The normalized spacial score (nSPS) is 25.6. The topological polar surface area (TPSA) is 144 Å². The number of likely N-dealkylation sites (tertiary alicyclic amines) is 1. The molecule has 1 aliphatic heterocycles. The van der Waals surface area contributed by atoms with Gasteiger partial charge in [0.15, 0.2) is 6.04 Å². The zero-order valence-corrected chi connectivity index (χ0v) is 16.2. The number of carbonyl (C=O) groups is 4. The van der Waals surface area contributed by atoms with Gasteiger partial charge in [0.2, 0.25) is 6.41 Å². The van der Waals surface area contributed by atoms with Crippen molar-refractivity contribution in [1.82, 2.24) is 10.2 Å². The smallest absolute Gasteiger partial charge is 0.358 e. The summed E-state index contributed by atoms with van der Waals surface area (Å²) in [6.45, 7) is -0.106. The molecule has 0 radical (unpaired) electrons. The summed E-state index contributed by atoms with van der Waals surface area (Å²) in [6.07, 6.45) is 7.83. The second kappa shape index (κ2) is 8.83. The lowest BCUT2D eigenvalue weighted by molar-refractivity contribution is -0.777. The van der Waals surface area contributed by atoms with Gasteiger partial charge in [-0.05, 0) is 12.3 Å². The van der Waals surface area contributed by atoms with Crippen LogP contribution >= 0.6 is 0 Å². The fourth-order valence-corrected chi connectivity index (χ4v) is 4.91. The van der Waals surface area contributed by atoms with Gasteiger partial charge in [-0.2, -0.15) is 4.48 Å². The highest BCUT2D eigenvalue weighted by atomic mass is 16.5. The van der Waals surface area contributed by atoms with E-state index in [1.165, 1.54) is 6.20 Å². The molecule has 3 atom stereocenters. The molecule has 29 heavy (non-hydrogen) atoms. The minimum Gasteiger partial charge on any atom is -0.364 e. The highest BCUT2D eigenvalue weighted by Gasteiger charge is 2.59. The predicted octanol–water partition coefficient (Wildman–Crippen LogP) is 0.850. The Morgan fingerprint density at radius 2 is 2.03 bits per heavy atom. The quantitative estimate of drug-likeness (QED) is 0.281. The molecule has 2 aliphatic rings. The Bertz CT molecular complexity index is 761. The largest absolute Gasteiger partial charge is 0.364 e. The van der Waals surface area contributed by atoms with Crippen LogP contribution in [0.25, 0.3) is 0 Å². The van der Waals surface area contributed by atoms with Gasteiger partial charge in [0, 0.05) is 12.8 Å². The van der Waals surface area contributed by atoms with E-state index in [4.69, 9.17) is 10.3 Å². The number of rotatable bonds is 8. The summed E-state index contributed by atoms with van der Waals surface area (Å²) in [4.78, 5) is 50.4. The molecule has 3 N–H and O–H groups in total. The monoisotopic (exact) mass is 407 g/mol. The van der Waals surface area contributed by atoms with E-state index in [-0.39, 0.29) is 31.0 Å². The zero-order chi connectivity index (χ0) is 21.0. The molecule has 1 saturated heterocycles. The van der Waals surface area contributed by atoms with E-state index in [9.17, 15) is 24.4 Å². The van der Waals surface area contributed by atoms with Crippen molar-refractivity contribution in [1.29, 1.82) is 0 Å². The molecule has 4 amide bonds. The van der Waals surface area contributed by atoms with Crippen molar-refractivity contribution in [2.45, 2.75) is 51.0 Å². The summed E-state index contributed by atoms with van der Waals surface area (Å²) >= 11 is 0. The number of aromatic nitrogens is 1. The van der Waals surface area contributed by atoms with Gasteiger partial charge in [-0.1, -0.05) is 30.8 Å². The van der Waals surface area contributed by atoms with Gasteiger partial charge >= 0.3 is 11.8 Å². The zero-order valence-electron chi connectivity index (χ0n) is 16.2. The highest BCUT2D eigenvalue weighted by molar-refractivity contribution is 5.99. The van der Waals surface area contributed by atoms with E-state index in [0.717, 1.165) is 31.9 Å². The van der Waals surface area contributed by atoms with Crippen LogP contribution in [0.3, 0.4) is 0 Å². The summed E-state index contributed by atoms with van der Waals surface area (Å²) in [7, 11) is 0. The molecule has 1 aliphatic carbocycles. The second-order valence-electron chi connectivity index (χ2n) is 8.02. The summed E-state index contributed by atoms with van der Waals surface area (Å²) in [6, 6.07) is -1.00. The SMILES string of the molecule is NC(=O)[C@@H]1CCC[N+]1(C(=O)c1cnoc1)C(=O)[C@H](CC1CCCC1)CN(O)C=O. The Morgan fingerprint density at radius 3 is 2.62 bits per heavy atom. The third-order valence-corrected chi connectivity index (χ3v) is 6.25. The van der Waals surface area contributed by atoms with Gasteiger partial charge in [-0.25, -0.2) is 14.7 Å². The number of carbonyl (C=O) groups excluding carboxylic acids is 4. The van der Waals surface area contributed by atoms with Crippen LogP contribution in [0.15, 0.2) is 17.0 Å². The molecular weight excluding hydrogens is 380 g/mol. The van der Waals surface area contributed by atoms with Gasteiger partial charge in [-0.15, -0.1) is 0 Å². The second-order valence-corrected chi connectivity index (χ2v) is 8.02. The van der Waals surface area contributed by atoms with Crippen molar-refractivity contribution in [2.75, 3.05) is 13.1 Å². The molecule has 2 fully saturated rings. The van der Waals surface area contributed by atoms with E-state index in [1.54, 1.807) is 0 Å². The summed E-state index contributed by atoms with van der Waals surface area (Å²) in [5.74, 6) is -2.34. The number of nitrogens with zero attached hydrogens (tertiary/aromatic N) is 3. The summed E-state index contributed by atoms with van der Waals surface area (Å²) in [5, 5.41) is 13.7. The number of imide groups is 1. The third-order valence-electron chi connectivity index (χ3n) is 6.25. The fourth-order valence-electron chi connectivity index (χ4n) is 4.91. The first-order valence-electron chi connectivity index (χ1n) is 9.96. The lowest BCUT2D eigenvalue weighted by Gasteiger charge is -2.36. The van der Waals surface area contributed by atoms with Crippen molar-refractivity contribution in [2.24, 2.45) is 17.6 Å². The molecule has 0 aromatic carbocycles. The van der Waals surface area contributed by atoms with Crippen molar-refractivity contribution in [3.8, 4) is 0 Å². The lowest BCUT2D eigenvalue weighted by atomic mass is 9.90. The minimum atomic E-state index is -1.00. The van der Waals surface area contributed by atoms with Crippen LogP contribution in [0.4, 0.5) is 0 Å². The van der Waals surface area contributed by atoms with E-state index in [2.05, 4.69) is 5.16 Å². The lowest BCUT2D eigenvalue weighted by Crippen LogP contribution is -2.65. The number of primary amides is 1. The van der Waals surface area contributed by atoms with Gasteiger partial charge in [0.25, 0.3) is 5.91 Å². The van der Waals surface area contributed by atoms with E-state index < -0.39 is 34.2 Å². The number of hydrogen-bond donors (Lipinski definition) is 2. The van der Waals surface area contributed by atoms with Gasteiger partial charge in [-0.3, -0.25) is 14.8 Å². The van der Waals surface area contributed by atoms with E-state index in [0.29, 0.717) is 24.3 Å². The maximum Gasteiger partial charge on any atom is 0.358 e. The molecule has 0 spiro atoms. The van der Waals surface area contributed by atoms with E-state index >= 15 is 0 Å². The average Bonchev–Trinajstić information content (AvgIpc) is 3.47. The molecule has 158 valence electrons. The van der Waals surface area contributed by atoms with Crippen molar-refractivity contribution in [3.63, 3.8) is 0 Å². The molecule has 0 bridgehead atoms. The molecule has 1 saturated carbocycles. The molecule has 2 heterocycles. The van der Waals surface area contributed by atoms with E-state index in [1.807, 2.05) is 0 Å². The van der Waals surface area contributed by atoms with Crippen molar-refractivity contribution < 1.29 is 33.4 Å². The molecule has 1 aromatic heterocycles. The van der Waals surface area contributed by atoms with Gasteiger partial charge in [0.1, 0.15) is 11.8 Å². The highest BCUT2D eigenvalue weighted by Crippen LogP contribution is 2.37. The van der Waals surface area contributed by atoms with Crippen molar-refractivity contribution in [3.05, 3.63) is 18.0 Å². The van der Waals surface area contributed by atoms with Crippen molar-refractivity contribution >= 4 is 24.1 Å². The van der Waals surface area contributed by atoms with Crippen LogP contribution in [-0.2, 0) is 14.4 Å². The summed E-state index contributed by atoms with van der Waals surface area (Å²) < 4.78 is 4.01. The third kappa shape index (κ3) is 4.08. The van der Waals surface area contributed by atoms with Crippen LogP contribution in [0.2, 0.25) is 0 Å². The Hall–Kier alpha value is -2.59. The van der Waals surface area contributed by atoms with Crippen LogP contribution in [-0.4, -0.2) is 63.2 Å². The number of amides is 4. The first kappa shape index (κ1) is 21.1. The van der Waals surface area contributed by atoms with Crippen LogP contribution in [0.5, 0.6) is 0 Å². The minimum absolute atomic E-state index is 0.0855. The number of nitrogens with two attached hydrogens (primary N) is 1. The van der Waals surface area contributed by atoms with Gasteiger partial charge in [0.05, 0.1) is 25.2 Å². The Balaban J connectivity index is 1.99. The van der Waals surface area contributed by atoms with Crippen LogP contribution < -0.4 is 5.73 Å². The Morgan fingerprint density at radius 1 is 1.31 bits per heavy atom. The molecular formula is C19H27N4O6+. The van der Waals surface area contributed by atoms with Crippen LogP contribution in [0, 0.1) is 11.8 Å². The first-order chi connectivity index (χ1) is 13.9. The van der Waals surface area contributed by atoms with Gasteiger partial charge < -0.3 is 10.3 Å². The maximum atomic E-state index is 13.8. The first-order valence-corrected chi connectivity index (χ1v) is 9.96. The standard InChI is InChI=1S/C19H26N4O6/c20-17(25)16-6-3-7-23(16,19(27)15-9-21-29-11-15)18(26)14(10-22(28)12-24)8-13-4-1-2-5-13/h9,11-14,16,28H,1-8,10H2,(H-,20,25)/p+1/t14-,16+,23?/m1/s1. The molecule has 3 rings (SSSR count). The fraction of sp³-hybridized carbons (Fsp3) is 0.632. The number of hydroxylamine groups is 2. The molecule has 10 heteroatoms. The maximum absolute atomic E-state index is 13.8. The number of quaternary nitrogens is 1.